The van der Waals surface area contributed by atoms with Crippen LogP contribution in [0.15, 0.2) is 60.4 Å². The van der Waals surface area contributed by atoms with E-state index in [1.807, 2.05) is 25.3 Å². The number of carbonyl (C=O) groups excluding carboxylic acids is 2. The van der Waals surface area contributed by atoms with Crippen molar-refractivity contribution in [3.05, 3.63) is 92.7 Å². The highest BCUT2D eigenvalue weighted by Gasteiger charge is 2.58. The number of carbonyl (C=O) groups is 2. The number of ether oxygens (including phenoxy) is 3. The minimum absolute atomic E-state index is 0.00299. The first-order chi connectivity index (χ1) is 35.4. The number of benzene rings is 1. The predicted molar refractivity (Wildman–Crippen MR) is 276 cm³/mol. The average Bonchev–Trinajstić information content (AvgIpc) is 3.68. The third kappa shape index (κ3) is 9.69. The summed E-state index contributed by atoms with van der Waals surface area (Å²) in [4.78, 5) is 70.7. The van der Waals surface area contributed by atoms with Crippen molar-refractivity contribution in [1.82, 2.24) is 45.1 Å². The van der Waals surface area contributed by atoms with Crippen molar-refractivity contribution in [3.8, 4) is 34.4 Å². The molecule has 9 heterocycles. The lowest BCUT2D eigenvalue weighted by atomic mass is 9.75. The van der Waals surface area contributed by atoms with Gasteiger partial charge in [0.1, 0.15) is 11.0 Å². The molecule has 1 aromatic carbocycles. The number of rotatable bonds is 9. The lowest BCUT2D eigenvalue weighted by Crippen LogP contribution is -2.72. The lowest BCUT2D eigenvalue weighted by Gasteiger charge is -2.50. The fourth-order valence-corrected chi connectivity index (χ4v) is 12.9. The van der Waals surface area contributed by atoms with Gasteiger partial charge in [-0.1, -0.05) is 38.7 Å². The van der Waals surface area contributed by atoms with Crippen LogP contribution in [0, 0.1) is 39.9 Å². The van der Waals surface area contributed by atoms with Crippen LogP contribution in [0.25, 0.3) is 33.4 Å². The number of aryl methyl sites for hydroxylation is 1. The highest BCUT2D eigenvalue weighted by atomic mass is 32.1. The van der Waals surface area contributed by atoms with Gasteiger partial charge in [0.15, 0.2) is 6.61 Å². The average molecular weight is 1010 g/mol. The number of pyridine rings is 2. The Morgan fingerprint density at radius 3 is 2.56 bits per heavy atom. The Hall–Kier alpha value is -5.65. The number of aromatic nitrogens is 4. The van der Waals surface area contributed by atoms with E-state index >= 15 is 4.79 Å². The van der Waals surface area contributed by atoms with Gasteiger partial charge in [-0.3, -0.25) is 34.4 Å². The van der Waals surface area contributed by atoms with Gasteiger partial charge in [0, 0.05) is 109 Å². The third-order valence-electron chi connectivity index (χ3n) is 16.1. The number of amides is 2. The molecule has 4 aromatic heterocycles. The molecule has 17 nitrogen and oxygen atoms in total. The molecule has 2 saturated carbocycles. The number of hydrazine groups is 1. The summed E-state index contributed by atoms with van der Waals surface area (Å²) in [6.07, 6.45) is 6.04. The number of hydrogen-bond donors (Lipinski definition) is 2. The Bertz CT molecular complexity index is 2930. The number of morpholine rings is 2. The van der Waals surface area contributed by atoms with Gasteiger partial charge in [-0.15, -0.1) is 11.3 Å². The number of methoxy groups -OCH3 is 1. The Balaban J connectivity index is 1.04. The summed E-state index contributed by atoms with van der Waals surface area (Å²) in [7, 11) is 1.71. The summed E-state index contributed by atoms with van der Waals surface area (Å²) in [5.74, 6) is 6.07. The fraction of sp³-hybridized carbons (Fsp3) is 0.545. The van der Waals surface area contributed by atoms with Crippen molar-refractivity contribution in [3.63, 3.8) is 0 Å². The zero-order valence-electron chi connectivity index (χ0n) is 42.7. The normalized spacial score (nSPS) is 27.8. The molecule has 4 saturated heterocycles. The smallest absolute Gasteiger partial charge is 0.329 e. The highest BCUT2D eigenvalue weighted by Crippen LogP contribution is 2.54. The molecule has 7 aliphatic rings. The maximum Gasteiger partial charge on any atom is 0.329 e. The summed E-state index contributed by atoms with van der Waals surface area (Å²) in [5, 5.41) is 8.78. The standard InChI is InChI=1S/C55H66N10O7S/c1-7-63-44-11-10-37-28-40(44)42(49(63)41-25-35(30-57-47(41)34(3)69-6)9-8-16-61-17-21-70-22-18-61)29-55(4,5)32-72-65(68)51-38-26-39(27-38)64(60-51)54(67)48(50(53-58-43(37)31-73-53)62-19-23-71-24-20-62)59-52(66)46-33(2)45(46)36-12-14-56-15-13-36/h10-15,25,28,30-31,33-34,38-39,45-46,48,50-51,60H,7,16-24,26-27,29,32H2,1-6H3/p+1/t33-,34-,38?,39?,45-,46+,48-,50-,51+/m0/s1. The molecule has 18 heteroatoms. The summed E-state index contributed by atoms with van der Waals surface area (Å²) >= 11 is 1.50. The van der Waals surface area contributed by atoms with E-state index in [1.165, 1.54) is 11.3 Å². The molecule has 0 unspecified atom stereocenters. The van der Waals surface area contributed by atoms with E-state index in [0.717, 1.165) is 68.9 Å². The van der Waals surface area contributed by atoms with Gasteiger partial charge < -0.3 is 24.1 Å². The molecule has 7 atom stereocenters. The van der Waals surface area contributed by atoms with E-state index < -0.39 is 23.7 Å². The second kappa shape index (κ2) is 20.6. The molecule has 6 fully saturated rings. The van der Waals surface area contributed by atoms with Crippen molar-refractivity contribution >= 4 is 34.1 Å². The van der Waals surface area contributed by atoms with Crippen LogP contribution in [0.2, 0.25) is 0 Å². The Morgan fingerprint density at radius 1 is 1.07 bits per heavy atom. The number of fused-ring (bicyclic) bond motifs is 4. The molecule has 73 heavy (non-hydrogen) atoms. The molecule has 12 rings (SSSR count). The van der Waals surface area contributed by atoms with Gasteiger partial charge in [-0.25, -0.2) is 9.82 Å². The first kappa shape index (κ1) is 49.6. The molecule has 0 spiro atoms. The van der Waals surface area contributed by atoms with Crippen LogP contribution in [0.3, 0.4) is 0 Å². The summed E-state index contributed by atoms with van der Waals surface area (Å²) in [5.41, 5.74) is 11.2. The quantitative estimate of drug-likeness (QED) is 0.159. The van der Waals surface area contributed by atoms with E-state index in [-0.39, 0.29) is 54.2 Å². The molecule has 2 N–H and O–H groups in total. The van der Waals surface area contributed by atoms with E-state index in [4.69, 9.17) is 29.0 Å². The molecule has 8 bridgehead atoms. The number of nitrogens with zero attached hydrogens (tertiary/aromatic N) is 8. The second-order valence-corrected chi connectivity index (χ2v) is 22.3. The van der Waals surface area contributed by atoms with E-state index in [2.05, 4.69) is 99.3 Å². The number of thiazole rings is 1. The van der Waals surface area contributed by atoms with E-state index in [9.17, 15) is 9.70 Å². The van der Waals surface area contributed by atoms with Crippen LogP contribution in [-0.4, -0.2) is 142 Å². The molecule has 5 aromatic rings. The summed E-state index contributed by atoms with van der Waals surface area (Å²) < 4.78 is 19.8. The summed E-state index contributed by atoms with van der Waals surface area (Å²) in [6, 6.07) is 10.8. The third-order valence-corrected chi connectivity index (χ3v) is 17.0. The topological polar surface area (TPSA) is 169 Å². The Labute approximate surface area is 430 Å². The molecular weight excluding hydrogens is 945 g/mol. The van der Waals surface area contributed by atoms with Gasteiger partial charge >= 0.3 is 6.17 Å². The van der Waals surface area contributed by atoms with Crippen molar-refractivity contribution in [2.75, 3.05) is 72.9 Å². The molecule has 384 valence electrons. The maximum absolute atomic E-state index is 15.5. The van der Waals surface area contributed by atoms with Crippen molar-refractivity contribution < 1.29 is 33.6 Å². The van der Waals surface area contributed by atoms with Gasteiger partial charge in [0.2, 0.25) is 10.8 Å². The van der Waals surface area contributed by atoms with Crippen molar-refractivity contribution in [1.29, 1.82) is 0 Å². The van der Waals surface area contributed by atoms with Crippen molar-refractivity contribution in [2.24, 2.45) is 23.2 Å². The zero-order valence-corrected chi connectivity index (χ0v) is 43.5. The zero-order chi connectivity index (χ0) is 50.5. The van der Waals surface area contributed by atoms with Crippen LogP contribution < -0.4 is 10.7 Å². The fourth-order valence-electron chi connectivity index (χ4n) is 11.9. The lowest BCUT2D eigenvalue weighted by molar-refractivity contribution is -0.841. The van der Waals surface area contributed by atoms with E-state index in [1.54, 1.807) is 24.5 Å². The monoisotopic (exact) mass is 1010 g/mol. The summed E-state index contributed by atoms with van der Waals surface area (Å²) in [6.45, 7) is 17.1. The van der Waals surface area contributed by atoms with Gasteiger partial charge in [0.05, 0.1) is 73.0 Å². The molecule has 5 aliphatic heterocycles. The second-order valence-electron chi connectivity index (χ2n) is 21.4. The maximum atomic E-state index is 15.5. The molecule has 0 radical (unpaired) electrons. The van der Waals surface area contributed by atoms with Crippen LogP contribution in [-0.2, 0) is 41.6 Å². The molecular formula is C55H67N10O7S+. The van der Waals surface area contributed by atoms with Gasteiger partial charge in [-0.05, 0) is 86.4 Å². The Morgan fingerprint density at radius 2 is 1.82 bits per heavy atom. The van der Waals surface area contributed by atoms with E-state index in [0.29, 0.717) is 81.8 Å². The first-order valence-corrected chi connectivity index (χ1v) is 26.9. The highest BCUT2D eigenvalue weighted by molar-refractivity contribution is 7.10. The minimum Gasteiger partial charge on any atom is -0.379 e. The first-order valence-electron chi connectivity index (χ1n) is 26.0. The predicted octanol–water partition coefficient (Wildman–Crippen LogP) is 6.28. The largest absolute Gasteiger partial charge is 0.379 e. The number of nitrogens with one attached hydrogen (secondary N) is 2. The molecule has 2 amide bonds. The van der Waals surface area contributed by atoms with Crippen LogP contribution in [0.5, 0.6) is 0 Å². The Kier molecular flexibility index (Phi) is 14.0. The van der Waals surface area contributed by atoms with Crippen LogP contribution in [0.1, 0.15) is 92.9 Å². The van der Waals surface area contributed by atoms with Crippen LogP contribution >= 0.6 is 11.3 Å². The van der Waals surface area contributed by atoms with Gasteiger partial charge in [-0.2, -0.15) is 5.43 Å². The van der Waals surface area contributed by atoms with Gasteiger partial charge in [0.25, 0.3) is 5.91 Å². The number of hydrogen-bond acceptors (Lipinski definition) is 14. The molecule has 2 aliphatic carbocycles. The van der Waals surface area contributed by atoms with Crippen molar-refractivity contribution in [2.45, 2.75) is 96.7 Å². The van der Waals surface area contributed by atoms with Crippen LogP contribution in [0.4, 0.5) is 0 Å². The minimum atomic E-state index is -1.04. The SMILES string of the molecule is CCn1c(-c2cc(C#CCN3CCOCC3)cnc2[C@H](C)OC)c2c3cc(ccc31)-c1csc(n1)[C@@H](N1CCOCC1)[C@H](NC(=O)[C@@H]1[C@@H](C)[C@H]1c1ccncc1)C(=O)N1N[C@@H](C3CC1C3)[N+](=O)OCC(C)(C)C2.